The van der Waals surface area contributed by atoms with Crippen molar-refractivity contribution < 1.29 is 13.9 Å². The molecule has 0 bridgehead atoms. The maximum Gasteiger partial charge on any atom is 0.408 e. The summed E-state index contributed by atoms with van der Waals surface area (Å²) in [5, 5.41) is 2.98. The molecule has 1 aliphatic rings. The Labute approximate surface area is 137 Å². The summed E-state index contributed by atoms with van der Waals surface area (Å²) in [6, 6.07) is 3.30. The Hall–Kier alpha value is -0.810. The molecule has 0 aromatic heterocycles. The van der Waals surface area contributed by atoms with E-state index in [1.807, 2.05) is 20.8 Å². The summed E-state index contributed by atoms with van der Waals surface area (Å²) in [5.41, 5.74) is -0.0939. The van der Waals surface area contributed by atoms with Crippen LogP contribution in [-0.2, 0) is 11.2 Å². The van der Waals surface area contributed by atoms with Crippen molar-refractivity contribution in [3.8, 4) is 0 Å². The van der Waals surface area contributed by atoms with Gasteiger partial charge in [-0.25, -0.2) is 9.18 Å². The van der Waals surface area contributed by atoms with Gasteiger partial charge < -0.3 is 10.1 Å². The minimum atomic E-state index is -0.535. The van der Waals surface area contributed by atoms with Gasteiger partial charge in [-0.15, -0.1) is 0 Å². The molecule has 2 rings (SSSR count). The highest BCUT2D eigenvalue weighted by molar-refractivity contribution is 9.10. The maximum absolute atomic E-state index is 13.8. The van der Waals surface area contributed by atoms with Crippen LogP contribution in [0.1, 0.15) is 39.2 Å². The quantitative estimate of drug-likeness (QED) is 0.764. The van der Waals surface area contributed by atoms with Crippen LogP contribution in [0.2, 0.25) is 5.02 Å². The molecule has 0 unspecified atom stereocenters. The van der Waals surface area contributed by atoms with Crippen molar-refractivity contribution in [1.82, 2.24) is 5.32 Å². The molecule has 0 atom stereocenters. The molecule has 6 heteroatoms. The fraction of sp³-hybridized carbons (Fsp3) is 0.533. The van der Waals surface area contributed by atoms with Crippen LogP contribution in [0.3, 0.4) is 0 Å². The number of rotatable bonds is 3. The maximum atomic E-state index is 13.8. The van der Waals surface area contributed by atoms with E-state index >= 15 is 0 Å². The standard InChI is InChI=1S/C15H18BrClFNO2/c1-14(2,3)21-13(20)19-15(6-7-15)8-9-4-5-10(17)12(18)11(9)16/h4-5H,6-8H2,1-3H3,(H,19,20). The van der Waals surface area contributed by atoms with Crippen molar-refractivity contribution in [2.24, 2.45) is 0 Å². The molecule has 1 aromatic rings. The first-order valence-corrected chi connectivity index (χ1v) is 7.93. The Morgan fingerprint density at radius 3 is 2.62 bits per heavy atom. The second-order valence-corrected chi connectivity index (χ2v) is 7.62. The van der Waals surface area contributed by atoms with Gasteiger partial charge in [0.1, 0.15) is 5.60 Å². The monoisotopic (exact) mass is 377 g/mol. The molecule has 0 spiro atoms. The summed E-state index contributed by atoms with van der Waals surface area (Å²) >= 11 is 8.96. The lowest BCUT2D eigenvalue weighted by Gasteiger charge is -2.23. The number of hydrogen-bond donors (Lipinski definition) is 1. The number of amides is 1. The number of nitrogens with one attached hydrogen (secondary N) is 1. The number of carbonyl (C=O) groups is 1. The van der Waals surface area contributed by atoms with Crippen molar-refractivity contribution in [2.75, 3.05) is 0 Å². The van der Waals surface area contributed by atoms with Crippen molar-refractivity contribution in [2.45, 2.75) is 51.2 Å². The molecular weight excluding hydrogens is 361 g/mol. The normalized spacial score (nSPS) is 16.5. The lowest BCUT2D eigenvalue weighted by Crippen LogP contribution is -2.42. The largest absolute Gasteiger partial charge is 0.444 e. The molecule has 1 aromatic carbocycles. The van der Waals surface area contributed by atoms with Gasteiger partial charge in [0.2, 0.25) is 0 Å². The van der Waals surface area contributed by atoms with Crippen LogP contribution in [0.15, 0.2) is 16.6 Å². The Kier molecular flexibility index (Phi) is 4.54. The van der Waals surface area contributed by atoms with Gasteiger partial charge >= 0.3 is 6.09 Å². The van der Waals surface area contributed by atoms with E-state index in [9.17, 15) is 9.18 Å². The van der Waals surface area contributed by atoms with Gasteiger partial charge in [0.25, 0.3) is 0 Å². The van der Waals surface area contributed by atoms with Gasteiger partial charge in [0.15, 0.2) is 5.82 Å². The summed E-state index contributed by atoms with van der Waals surface area (Å²) < 4.78 is 19.4. The van der Waals surface area contributed by atoms with Gasteiger partial charge in [-0.05, 0) is 67.6 Å². The number of ether oxygens (including phenoxy) is 1. The average Bonchev–Trinajstić information content (AvgIpc) is 3.07. The molecule has 1 aliphatic carbocycles. The topological polar surface area (TPSA) is 38.3 Å². The van der Waals surface area contributed by atoms with Gasteiger partial charge in [-0.2, -0.15) is 0 Å². The first-order chi connectivity index (χ1) is 9.62. The molecule has 0 radical (unpaired) electrons. The Morgan fingerprint density at radius 1 is 1.48 bits per heavy atom. The van der Waals surface area contributed by atoms with Gasteiger partial charge in [0, 0.05) is 5.54 Å². The van der Waals surface area contributed by atoms with Crippen LogP contribution in [-0.4, -0.2) is 17.2 Å². The highest BCUT2D eigenvalue weighted by Crippen LogP contribution is 2.41. The molecule has 0 aliphatic heterocycles. The highest BCUT2D eigenvalue weighted by Gasteiger charge is 2.45. The minimum Gasteiger partial charge on any atom is -0.444 e. The number of halogens is 3. The molecular formula is C15H18BrClFNO2. The number of carbonyl (C=O) groups excluding carboxylic acids is 1. The van der Waals surface area contributed by atoms with Crippen LogP contribution in [0.5, 0.6) is 0 Å². The zero-order valence-corrected chi connectivity index (χ0v) is 14.6. The van der Waals surface area contributed by atoms with Gasteiger partial charge in [0.05, 0.1) is 9.50 Å². The van der Waals surface area contributed by atoms with E-state index in [1.165, 1.54) is 6.07 Å². The van der Waals surface area contributed by atoms with Crippen LogP contribution >= 0.6 is 27.5 Å². The van der Waals surface area contributed by atoms with E-state index in [4.69, 9.17) is 16.3 Å². The van der Waals surface area contributed by atoms with E-state index in [1.54, 1.807) is 6.07 Å². The molecule has 1 amide bonds. The average molecular weight is 379 g/mol. The Morgan fingerprint density at radius 2 is 2.10 bits per heavy atom. The molecule has 116 valence electrons. The van der Waals surface area contributed by atoms with E-state index in [-0.39, 0.29) is 10.6 Å². The fourth-order valence-corrected chi connectivity index (χ4v) is 2.84. The van der Waals surface area contributed by atoms with Gasteiger partial charge in [-0.1, -0.05) is 17.7 Å². The van der Waals surface area contributed by atoms with Crippen molar-refractivity contribution in [3.63, 3.8) is 0 Å². The third kappa shape index (κ3) is 4.33. The zero-order chi connectivity index (χ0) is 15.8. The molecule has 1 N–H and O–H groups in total. The zero-order valence-electron chi connectivity index (χ0n) is 12.2. The highest BCUT2D eigenvalue weighted by atomic mass is 79.9. The smallest absolute Gasteiger partial charge is 0.408 e. The number of hydrogen-bond acceptors (Lipinski definition) is 2. The summed E-state index contributed by atoms with van der Waals surface area (Å²) in [6.45, 7) is 5.45. The van der Waals surface area contributed by atoms with Gasteiger partial charge in [-0.3, -0.25) is 0 Å². The minimum absolute atomic E-state index is 0.0792. The molecule has 1 saturated carbocycles. The summed E-state index contributed by atoms with van der Waals surface area (Å²) in [6.07, 6.45) is 1.80. The molecule has 1 fully saturated rings. The van der Waals surface area contributed by atoms with Crippen LogP contribution < -0.4 is 5.32 Å². The lowest BCUT2D eigenvalue weighted by atomic mass is 10.0. The SMILES string of the molecule is CC(C)(C)OC(=O)NC1(Cc2ccc(Cl)c(F)c2Br)CC1. The molecule has 0 heterocycles. The van der Waals surface area contributed by atoms with E-state index in [0.717, 1.165) is 18.4 Å². The Bertz CT molecular complexity index is 568. The predicted molar refractivity (Wildman–Crippen MR) is 84.1 cm³/mol. The van der Waals surface area contributed by atoms with E-state index in [0.29, 0.717) is 10.9 Å². The van der Waals surface area contributed by atoms with E-state index < -0.39 is 17.5 Å². The summed E-state index contributed by atoms with van der Waals surface area (Å²) in [7, 11) is 0. The molecule has 21 heavy (non-hydrogen) atoms. The number of alkyl carbamates (subject to hydrolysis) is 1. The second kappa shape index (κ2) is 5.76. The van der Waals surface area contributed by atoms with Crippen molar-refractivity contribution in [1.29, 1.82) is 0 Å². The Balaban J connectivity index is 2.06. The van der Waals surface area contributed by atoms with E-state index in [2.05, 4.69) is 21.2 Å². The third-order valence-electron chi connectivity index (χ3n) is 3.26. The lowest BCUT2D eigenvalue weighted by molar-refractivity contribution is 0.0496. The second-order valence-electron chi connectivity index (χ2n) is 6.42. The summed E-state index contributed by atoms with van der Waals surface area (Å²) in [5.74, 6) is -0.470. The van der Waals surface area contributed by atoms with Crippen molar-refractivity contribution in [3.05, 3.63) is 33.0 Å². The van der Waals surface area contributed by atoms with Crippen molar-refractivity contribution >= 4 is 33.6 Å². The summed E-state index contributed by atoms with van der Waals surface area (Å²) in [4.78, 5) is 11.9. The first-order valence-electron chi connectivity index (χ1n) is 6.75. The molecule has 0 saturated heterocycles. The van der Waals surface area contributed by atoms with Crippen LogP contribution in [0.25, 0.3) is 0 Å². The first kappa shape index (κ1) is 16.6. The third-order valence-corrected chi connectivity index (χ3v) is 4.41. The predicted octanol–water partition coefficient (Wildman–Crippen LogP) is 4.84. The molecule has 3 nitrogen and oxygen atoms in total. The van der Waals surface area contributed by atoms with Crippen LogP contribution in [0.4, 0.5) is 9.18 Å². The number of benzene rings is 1. The van der Waals surface area contributed by atoms with Crippen LogP contribution in [0, 0.1) is 5.82 Å². The fourth-order valence-electron chi connectivity index (χ4n) is 2.08.